The lowest BCUT2D eigenvalue weighted by Crippen LogP contribution is -2.34. The van der Waals surface area contributed by atoms with Crippen LogP contribution in [0.4, 0.5) is 0 Å². The highest BCUT2D eigenvalue weighted by atomic mass is 16.4. The Morgan fingerprint density at radius 1 is 1.12 bits per heavy atom. The van der Waals surface area contributed by atoms with E-state index < -0.39 is 11.4 Å². The van der Waals surface area contributed by atoms with Crippen molar-refractivity contribution >= 4 is 5.97 Å². The first-order valence-corrected chi connectivity index (χ1v) is 6.37. The van der Waals surface area contributed by atoms with Gasteiger partial charge < -0.3 is 5.11 Å². The first kappa shape index (κ1) is 15.7. The number of carbonyl (C=O) groups is 1. The second kappa shape index (κ2) is 7.10. The lowest BCUT2D eigenvalue weighted by molar-refractivity contribution is -0.144. The molecular weight excluding hydrogens is 212 g/mol. The van der Waals surface area contributed by atoms with E-state index in [1.54, 1.807) is 0 Å². The fourth-order valence-corrected chi connectivity index (χ4v) is 1.96. The monoisotopic (exact) mass is 236 g/mol. The minimum atomic E-state index is -0.726. The molecule has 0 unspecified atom stereocenters. The summed E-state index contributed by atoms with van der Waals surface area (Å²) in [6, 6.07) is 7.80. The van der Waals surface area contributed by atoms with Crippen LogP contribution in [0.2, 0.25) is 0 Å². The lowest BCUT2D eigenvalue weighted by atomic mass is 9.76. The summed E-state index contributed by atoms with van der Waals surface area (Å²) < 4.78 is 0. The van der Waals surface area contributed by atoms with Crippen molar-refractivity contribution in [1.82, 2.24) is 0 Å². The van der Waals surface area contributed by atoms with Crippen molar-refractivity contribution in [3.63, 3.8) is 0 Å². The maximum Gasteiger partial charge on any atom is 0.314 e. The number of aliphatic carboxylic acids is 1. The summed E-state index contributed by atoms with van der Waals surface area (Å²) in [6.07, 6.45) is 1.25. The molecule has 1 N–H and O–H groups in total. The van der Waals surface area contributed by atoms with Crippen LogP contribution < -0.4 is 0 Å². The second-order valence-corrected chi connectivity index (χ2v) is 3.96. The van der Waals surface area contributed by atoms with Crippen LogP contribution in [-0.4, -0.2) is 11.1 Å². The molecule has 0 aliphatic rings. The van der Waals surface area contributed by atoms with Crippen LogP contribution in [0.5, 0.6) is 0 Å². The molecule has 0 bridgehead atoms. The van der Waals surface area contributed by atoms with Gasteiger partial charge in [-0.25, -0.2) is 0 Å². The van der Waals surface area contributed by atoms with Crippen LogP contribution in [0.25, 0.3) is 0 Å². The summed E-state index contributed by atoms with van der Waals surface area (Å²) in [4.78, 5) is 11.4. The molecule has 96 valence electrons. The summed E-state index contributed by atoms with van der Waals surface area (Å²) in [5, 5.41) is 9.35. The first-order valence-electron chi connectivity index (χ1n) is 6.37. The van der Waals surface area contributed by atoms with E-state index in [4.69, 9.17) is 0 Å². The summed E-state index contributed by atoms with van der Waals surface area (Å²) in [5.41, 5.74) is 1.35. The minimum Gasteiger partial charge on any atom is -0.481 e. The third-order valence-corrected chi connectivity index (χ3v) is 3.22. The molecule has 1 aromatic rings. The first-order chi connectivity index (χ1) is 8.06. The van der Waals surface area contributed by atoms with Crippen LogP contribution >= 0.6 is 0 Å². The SMILES string of the molecule is CC.CCC(CC)(C(=O)O)c1ccc(C)cc1. The molecule has 0 heterocycles. The molecule has 0 spiro atoms. The standard InChI is InChI=1S/C13H18O2.C2H6/c1-4-13(5-2,12(14)15)11-8-6-10(3)7-9-11;1-2/h6-9H,4-5H2,1-3H3,(H,14,15);1-2H3. The van der Waals surface area contributed by atoms with Crippen LogP contribution in [-0.2, 0) is 10.2 Å². The maximum atomic E-state index is 11.4. The van der Waals surface area contributed by atoms with Crippen molar-refractivity contribution in [1.29, 1.82) is 0 Å². The van der Waals surface area contributed by atoms with E-state index in [1.165, 1.54) is 0 Å². The number of rotatable bonds is 4. The molecule has 0 aliphatic heterocycles. The van der Waals surface area contributed by atoms with Gasteiger partial charge in [0.1, 0.15) is 0 Å². The normalized spacial score (nSPS) is 10.4. The smallest absolute Gasteiger partial charge is 0.314 e. The highest BCUT2D eigenvalue weighted by Crippen LogP contribution is 2.32. The molecule has 0 saturated heterocycles. The van der Waals surface area contributed by atoms with Crippen LogP contribution in [0.1, 0.15) is 51.7 Å². The number of carboxylic acid groups (broad SMARTS) is 1. The molecule has 0 aliphatic carbocycles. The molecule has 1 aromatic carbocycles. The van der Waals surface area contributed by atoms with Crippen molar-refractivity contribution in [3.8, 4) is 0 Å². The second-order valence-electron chi connectivity index (χ2n) is 3.96. The highest BCUT2D eigenvalue weighted by molar-refractivity contribution is 5.81. The summed E-state index contributed by atoms with van der Waals surface area (Å²) in [7, 11) is 0. The van der Waals surface area contributed by atoms with Gasteiger partial charge in [-0.1, -0.05) is 57.5 Å². The van der Waals surface area contributed by atoms with Crippen LogP contribution in [0.15, 0.2) is 24.3 Å². The van der Waals surface area contributed by atoms with Gasteiger partial charge in [-0.3, -0.25) is 4.79 Å². The fraction of sp³-hybridized carbons (Fsp3) is 0.533. The van der Waals surface area contributed by atoms with E-state index in [0.717, 1.165) is 11.1 Å². The Balaban J connectivity index is 0.00000121. The van der Waals surface area contributed by atoms with Crippen molar-refractivity contribution < 1.29 is 9.90 Å². The van der Waals surface area contributed by atoms with Crippen LogP contribution in [0.3, 0.4) is 0 Å². The zero-order chi connectivity index (χ0) is 13.5. The number of carboxylic acids is 1. The number of aryl methyl sites for hydroxylation is 1. The molecule has 0 fully saturated rings. The predicted molar refractivity (Wildman–Crippen MR) is 72.4 cm³/mol. The topological polar surface area (TPSA) is 37.3 Å². The molecule has 0 amide bonds. The zero-order valence-corrected chi connectivity index (χ0v) is 11.6. The van der Waals surface area contributed by atoms with E-state index >= 15 is 0 Å². The van der Waals surface area contributed by atoms with Crippen molar-refractivity contribution in [2.75, 3.05) is 0 Å². The molecule has 0 radical (unpaired) electrons. The number of hydrogen-bond acceptors (Lipinski definition) is 1. The maximum absolute atomic E-state index is 11.4. The molecule has 0 saturated carbocycles. The molecule has 0 atom stereocenters. The molecule has 0 aromatic heterocycles. The fourth-order valence-electron chi connectivity index (χ4n) is 1.96. The van der Waals surface area contributed by atoms with E-state index in [0.29, 0.717) is 12.8 Å². The largest absolute Gasteiger partial charge is 0.481 e. The van der Waals surface area contributed by atoms with Crippen LogP contribution in [0, 0.1) is 6.92 Å². The molecular formula is C15H24O2. The average molecular weight is 236 g/mol. The Morgan fingerprint density at radius 2 is 1.53 bits per heavy atom. The number of hydrogen-bond donors (Lipinski definition) is 1. The van der Waals surface area contributed by atoms with Gasteiger partial charge in [0, 0.05) is 0 Å². The number of benzene rings is 1. The third-order valence-electron chi connectivity index (χ3n) is 3.22. The Morgan fingerprint density at radius 3 is 1.82 bits per heavy atom. The van der Waals surface area contributed by atoms with E-state index in [1.807, 2.05) is 58.9 Å². The van der Waals surface area contributed by atoms with Crippen molar-refractivity contribution in [2.24, 2.45) is 0 Å². The van der Waals surface area contributed by atoms with Gasteiger partial charge in [0.05, 0.1) is 5.41 Å². The summed E-state index contributed by atoms with van der Waals surface area (Å²) in [5.74, 6) is -0.726. The molecule has 2 nitrogen and oxygen atoms in total. The Labute approximate surface area is 105 Å². The molecule has 1 rings (SSSR count). The van der Waals surface area contributed by atoms with Gasteiger partial charge in [0.2, 0.25) is 0 Å². The van der Waals surface area contributed by atoms with E-state index in [-0.39, 0.29) is 0 Å². The lowest BCUT2D eigenvalue weighted by Gasteiger charge is -2.27. The van der Waals surface area contributed by atoms with Gasteiger partial charge >= 0.3 is 5.97 Å². The van der Waals surface area contributed by atoms with E-state index in [9.17, 15) is 9.90 Å². The Hall–Kier alpha value is -1.31. The van der Waals surface area contributed by atoms with E-state index in [2.05, 4.69) is 0 Å². The summed E-state index contributed by atoms with van der Waals surface area (Å²) >= 11 is 0. The zero-order valence-electron chi connectivity index (χ0n) is 11.6. The van der Waals surface area contributed by atoms with Gasteiger partial charge in [0.25, 0.3) is 0 Å². The summed E-state index contributed by atoms with van der Waals surface area (Å²) in [6.45, 7) is 9.86. The Kier molecular flexibility index (Phi) is 6.55. The predicted octanol–water partition coefficient (Wildman–Crippen LogP) is 4.16. The third kappa shape index (κ3) is 3.32. The molecule has 17 heavy (non-hydrogen) atoms. The van der Waals surface area contributed by atoms with Gasteiger partial charge in [0.15, 0.2) is 0 Å². The van der Waals surface area contributed by atoms with Gasteiger partial charge in [-0.05, 0) is 25.3 Å². The van der Waals surface area contributed by atoms with Crippen molar-refractivity contribution in [2.45, 2.75) is 52.9 Å². The van der Waals surface area contributed by atoms with Gasteiger partial charge in [-0.2, -0.15) is 0 Å². The highest BCUT2D eigenvalue weighted by Gasteiger charge is 2.36. The molecule has 2 heteroatoms. The Bertz CT molecular complexity index is 334. The van der Waals surface area contributed by atoms with Crippen molar-refractivity contribution in [3.05, 3.63) is 35.4 Å². The average Bonchev–Trinajstić information content (AvgIpc) is 2.35. The van der Waals surface area contributed by atoms with Gasteiger partial charge in [-0.15, -0.1) is 0 Å². The minimum absolute atomic E-state index is 0.627. The quantitative estimate of drug-likeness (QED) is 0.852.